The lowest BCUT2D eigenvalue weighted by atomic mass is 9.77. The Labute approximate surface area is 152 Å². The molecule has 1 unspecified atom stereocenters. The second kappa shape index (κ2) is 8.03. The molecule has 6 N–H and O–H groups in total. The molecule has 1 aromatic rings. The van der Waals surface area contributed by atoms with Crippen LogP contribution < -0.4 is 22.1 Å². The third-order valence-electron chi connectivity index (χ3n) is 5.29. The number of nitrogen functional groups attached to an aromatic ring is 1. The van der Waals surface area contributed by atoms with Gasteiger partial charge in [0.1, 0.15) is 6.17 Å². The number of halogens is 1. The average molecular weight is 366 g/mol. The highest BCUT2D eigenvalue weighted by molar-refractivity contribution is 5.77. The molecule has 0 bridgehead atoms. The van der Waals surface area contributed by atoms with Crippen LogP contribution in [0.5, 0.6) is 0 Å². The van der Waals surface area contributed by atoms with E-state index in [2.05, 4.69) is 20.6 Å². The summed E-state index contributed by atoms with van der Waals surface area (Å²) >= 11 is 0. The lowest BCUT2D eigenvalue weighted by Gasteiger charge is -2.33. The van der Waals surface area contributed by atoms with Crippen molar-refractivity contribution in [1.29, 1.82) is 0 Å². The molecular weight excluding hydrogens is 339 g/mol. The van der Waals surface area contributed by atoms with Gasteiger partial charge in [0.2, 0.25) is 11.9 Å². The Morgan fingerprint density at radius 2 is 2.15 bits per heavy atom. The van der Waals surface area contributed by atoms with Crippen LogP contribution in [0.1, 0.15) is 32.6 Å². The molecule has 0 spiro atoms. The van der Waals surface area contributed by atoms with Gasteiger partial charge in [-0.05, 0) is 31.6 Å². The average Bonchev–Trinajstić information content (AvgIpc) is 2.59. The van der Waals surface area contributed by atoms with E-state index in [9.17, 15) is 9.18 Å². The number of amides is 1. The van der Waals surface area contributed by atoms with E-state index in [1.807, 2.05) is 6.92 Å². The van der Waals surface area contributed by atoms with Crippen LogP contribution in [0.4, 0.5) is 21.8 Å². The largest absolute Gasteiger partial charge is 0.394 e. The minimum Gasteiger partial charge on any atom is -0.394 e. The van der Waals surface area contributed by atoms with Gasteiger partial charge in [0.05, 0.1) is 24.5 Å². The smallest absolute Gasteiger partial charge is 0.225 e. The predicted octanol–water partition coefficient (Wildman–Crippen LogP) is 1.30. The molecule has 2 aliphatic rings. The monoisotopic (exact) mass is 366 g/mol. The fraction of sp³-hybridized carbons (Fsp3) is 0.706. The third-order valence-corrected chi connectivity index (χ3v) is 5.29. The maximum atomic E-state index is 13.9. The molecule has 2 heterocycles. The molecular formula is C17H27FN6O2. The second-order valence-corrected chi connectivity index (χ2v) is 7.27. The molecule has 1 amide bonds. The quantitative estimate of drug-likeness (QED) is 0.618. The summed E-state index contributed by atoms with van der Waals surface area (Å²) in [6.07, 6.45) is 3.36. The molecule has 1 aliphatic heterocycles. The van der Waals surface area contributed by atoms with Crippen LogP contribution in [0, 0.1) is 11.8 Å². The van der Waals surface area contributed by atoms with Crippen molar-refractivity contribution in [3.8, 4) is 0 Å². The Hall–Kier alpha value is -2.16. The highest BCUT2D eigenvalue weighted by atomic mass is 19.1. The van der Waals surface area contributed by atoms with Crippen molar-refractivity contribution in [2.75, 3.05) is 29.6 Å². The van der Waals surface area contributed by atoms with Gasteiger partial charge in [0, 0.05) is 18.6 Å². The number of nitrogens with zero attached hydrogens (tertiary/aromatic N) is 2. The van der Waals surface area contributed by atoms with E-state index in [-0.39, 0.29) is 36.4 Å². The Morgan fingerprint density at radius 1 is 1.35 bits per heavy atom. The highest BCUT2D eigenvalue weighted by Gasteiger charge is 2.31. The van der Waals surface area contributed by atoms with Gasteiger partial charge in [0.15, 0.2) is 5.82 Å². The Kier molecular flexibility index (Phi) is 5.75. The zero-order valence-electron chi connectivity index (χ0n) is 15.0. The predicted molar refractivity (Wildman–Crippen MR) is 97.3 cm³/mol. The van der Waals surface area contributed by atoms with Crippen molar-refractivity contribution >= 4 is 23.4 Å². The standard InChI is InChI=1S/C17H27FN6O2/c1-9-6-10(2-3-11(9)15(20)25)22-16-13(19)7-21-17(24-16)23-14-4-5-26-8-12(14)18/h7,9-12,14H,2-6,8,19H2,1H3,(H2,20,25)(H2,21,22,23,24)/t9?,10-,11-,12+,14+/m0/s1. The molecule has 26 heavy (non-hydrogen) atoms. The molecule has 0 aromatic carbocycles. The molecule has 1 aliphatic carbocycles. The van der Waals surface area contributed by atoms with Gasteiger partial charge in [-0.2, -0.15) is 4.98 Å². The van der Waals surface area contributed by atoms with Crippen molar-refractivity contribution in [1.82, 2.24) is 9.97 Å². The molecule has 5 atom stereocenters. The number of ether oxygens (including phenoxy) is 1. The van der Waals surface area contributed by atoms with Crippen LogP contribution in [0.25, 0.3) is 0 Å². The van der Waals surface area contributed by atoms with Crippen molar-refractivity contribution in [2.45, 2.75) is 50.9 Å². The first-order valence-corrected chi connectivity index (χ1v) is 9.10. The van der Waals surface area contributed by atoms with Gasteiger partial charge in [-0.1, -0.05) is 6.92 Å². The molecule has 144 valence electrons. The lowest BCUT2D eigenvalue weighted by molar-refractivity contribution is -0.124. The number of primary amides is 1. The fourth-order valence-corrected chi connectivity index (χ4v) is 3.75. The molecule has 1 saturated heterocycles. The third kappa shape index (κ3) is 4.32. The maximum absolute atomic E-state index is 13.9. The zero-order valence-corrected chi connectivity index (χ0v) is 15.0. The number of alkyl halides is 1. The summed E-state index contributed by atoms with van der Waals surface area (Å²) in [5.74, 6) is 0.757. The van der Waals surface area contributed by atoms with E-state index >= 15 is 0 Å². The normalized spacial score (nSPS) is 32.0. The van der Waals surface area contributed by atoms with Crippen molar-refractivity contribution in [3.05, 3.63) is 6.20 Å². The minimum absolute atomic E-state index is 0.0805. The number of hydrogen-bond donors (Lipinski definition) is 4. The number of nitrogens with one attached hydrogen (secondary N) is 2. The first kappa shape index (κ1) is 18.6. The van der Waals surface area contributed by atoms with Gasteiger partial charge >= 0.3 is 0 Å². The van der Waals surface area contributed by atoms with Crippen molar-refractivity contribution < 1.29 is 13.9 Å². The summed E-state index contributed by atoms with van der Waals surface area (Å²) in [7, 11) is 0. The Bertz CT molecular complexity index is 646. The summed E-state index contributed by atoms with van der Waals surface area (Å²) in [6, 6.07) is -0.214. The number of nitrogens with two attached hydrogens (primary N) is 2. The summed E-state index contributed by atoms with van der Waals surface area (Å²) in [4.78, 5) is 20.0. The van der Waals surface area contributed by atoms with Crippen LogP contribution in [-0.4, -0.2) is 47.3 Å². The maximum Gasteiger partial charge on any atom is 0.225 e. The van der Waals surface area contributed by atoms with Crippen LogP contribution in [0.15, 0.2) is 6.20 Å². The van der Waals surface area contributed by atoms with E-state index in [4.69, 9.17) is 16.2 Å². The zero-order chi connectivity index (χ0) is 18.7. The highest BCUT2D eigenvalue weighted by Crippen LogP contribution is 2.32. The number of carbonyl (C=O) groups excluding carboxylic acids is 1. The molecule has 1 saturated carbocycles. The Balaban J connectivity index is 1.64. The summed E-state index contributed by atoms with van der Waals surface area (Å²) in [5, 5.41) is 6.37. The molecule has 3 rings (SSSR count). The SMILES string of the molecule is CC1C[C@@H](Nc2nc(N[C@@H]3CCOC[C@H]3F)ncc2N)CC[C@@H]1C(N)=O. The fourth-order valence-electron chi connectivity index (χ4n) is 3.75. The van der Waals surface area contributed by atoms with E-state index in [0.29, 0.717) is 30.5 Å². The molecule has 8 nitrogen and oxygen atoms in total. The molecule has 0 radical (unpaired) electrons. The first-order valence-electron chi connectivity index (χ1n) is 9.10. The van der Waals surface area contributed by atoms with E-state index in [0.717, 1.165) is 19.3 Å². The number of rotatable bonds is 5. The van der Waals surface area contributed by atoms with Gasteiger partial charge < -0.3 is 26.8 Å². The number of carbonyl (C=O) groups is 1. The van der Waals surface area contributed by atoms with E-state index in [1.165, 1.54) is 6.20 Å². The first-order chi connectivity index (χ1) is 12.4. The lowest BCUT2D eigenvalue weighted by Crippen LogP contribution is -2.40. The van der Waals surface area contributed by atoms with Crippen LogP contribution in [-0.2, 0) is 9.53 Å². The van der Waals surface area contributed by atoms with Gasteiger partial charge in [-0.15, -0.1) is 0 Å². The van der Waals surface area contributed by atoms with Crippen LogP contribution >= 0.6 is 0 Å². The minimum atomic E-state index is -1.09. The summed E-state index contributed by atoms with van der Waals surface area (Å²) in [5.41, 5.74) is 11.9. The van der Waals surface area contributed by atoms with E-state index in [1.54, 1.807) is 0 Å². The number of hydrogen-bond acceptors (Lipinski definition) is 7. The van der Waals surface area contributed by atoms with Crippen LogP contribution in [0.3, 0.4) is 0 Å². The number of aromatic nitrogens is 2. The van der Waals surface area contributed by atoms with Gasteiger partial charge in [-0.25, -0.2) is 9.37 Å². The Morgan fingerprint density at radius 3 is 2.85 bits per heavy atom. The molecule has 2 fully saturated rings. The van der Waals surface area contributed by atoms with Gasteiger partial charge in [-0.3, -0.25) is 4.79 Å². The summed E-state index contributed by atoms with van der Waals surface area (Å²) < 4.78 is 19.0. The van der Waals surface area contributed by atoms with E-state index < -0.39 is 6.17 Å². The van der Waals surface area contributed by atoms with Gasteiger partial charge in [0.25, 0.3) is 0 Å². The second-order valence-electron chi connectivity index (χ2n) is 7.27. The molecule has 1 aromatic heterocycles. The molecule has 9 heteroatoms. The van der Waals surface area contributed by atoms with Crippen LogP contribution in [0.2, 0.25) is 0 Å². The number of anilines is 3. The topological polar surface area (TPSA) is 128 Å². The summed E-state index contributed by atoms with van der Waals surface area (Å²) in [6.45, 7) is 2.63. The van der Waals surface area contributed by atoms with Crippen molar-refractivity contribution in [2.24, 2.45) is 17.6 Å². The van der Waals surface area contributed by atoms with Crippen molar-refractivity contribution in [3.63, 3.8) is 0 Å².